The van der Waals surface area contributed by atoms with Crippen LogP contribution in [0.3, 0.4) is 0 Å². The third-order valence-electron chi connectivity index (χ3n) is 2.24. The van der Waals surface area contributed by atoms with Gasteiger partial charge in [0.1, 0.15) is 5.76 Å². The van der Waals surface area contributed by atoms with Gasteiger partial charge < -0.3 is 13.9 Å². The first kappa shape index (κ1) is 9.49. The highest BCUT2D eigenvalue weighted by molar-refractivity contribution is 5.42. The first-order valence-electron chi connectivity index (χ1n) is 4.75. The van der Waals surface area contributed by atoms with Gasteiger partial charge in [0.05, 0.1) is 13.2 Å². The van der Waals surface area contributed by atoms with Crippen LogP contribution in [0.4, 0.5) is 0 Å². The molecule has 1 saturated heterocycles. The molecule has 0 bridgehead atoms. The van der Waals surface area contributed by atoms with Crippen LogP contribution >= 0.6 is 0 Å². The van der Waals surface area contributed by atoms with E-state index in [1.165, 1.54) is 0 Å². The number of hydrogen-bond acceptors (Lipinski definition) is 3. The van der Waals surface area contributed by atoms with Crippen LogP contribution in [0.15, 0.2) is 22.6 Å². The molecular formula is C11H14O3. The van der Waals surface area contributed by atoms with E-state index in [1.54, 1.807) is 0 Å². The fourth-order valence-corrected chi connectivity index (χ4v) is 1.51. The van der Waals surface area contributed by atoms with Crippen molar-refractivity contribution >= 4 is 6.08 Å². The van der Waals surface area contributed by atoms with Crippen LogP contribution in [0.2, 0.25) is 0 Å². The van der Waals surface area contributed by atoms with Crippen molar-refractivity contribution in [2.24, 2.45) is 0 Å². The van der Waals surface area contributed by atoms with Crippen LogP contribution in [-0.4, -0.2) is 13.2 Å². The van der Waals surface area contributed by atoms with Crippen molar-refractivity contribution in [3.05, 3.63) is 29.7 Å². The predicted molar refractivity (Wildman–Crippen MR) is 52.7 cm³/mol. The van der Waals surface area contributed by atoms with E-state index >= 15 is 0 Å². The predicted octanol–water partition coefficient (Wildman–Crippen LogP) is 2.53. The third kappa shape index (κ3) is 1.61. The van der Waals surface area contributed by atoms with Crippen molar-refractivity contribution in [2.45, 2.75) is 19.6 Å². The molecule has 1 fully saturated rings. The number of ether oxygens (including phenoxy) is 2. The molecule has 0 radical (unpaired) electrons. The highest BCUT2D eigenvalue weighted by atomic mass is 16.7. The molecule has 0 atom stereocenters. The van der Waals surface area contributed by atoms with Gasteiger partial charge >= 0.3 is 0 Å². The average Bonchev–Trinajstić information content (AvgIpc) is 2.75. The second kappa shape index (κ2) is 3.59. The van der Waals surface area contributed by atoms with Crippen LogP contribution in [-0.2, 0) is 15.3 Å². The summed E-state index contributed by atoms with van der Waals surface area (Å²) in [4.78, 5) is 0. The van der Waals surface area contributed by atoms with Crippen LogP contribution in [0.5, 0.6) is 0 Å². The largest absolute Gasteiger partial charge is 0.456 e. The molecule has 1 aromatic rings. The molecule has 0 amide bonds. The summed E-state index contributed by atoms with van der Waals surface area (Å²) in [5.41, 5.74) is 0. The fourth-order valence-electron chi connectivity index (χ4n) is 1.51. The van der Waals surface area contributed by atoms with E-state index in [9.17, 15) is 0 Å². The Bertz CT molecular complexity index is 332. The zero-order valence-corrected chi connectivity index (χ0v) is 8.45. The lowest BCUT2D eigenvalue weighted by atomic mass is 10.2. The molecule has 76 valence electrons. The molecule has 1 aromatic heterocycles. The van der Waals surface area contributed by atoms with Crippen LogP contribution in [0, 0.1) is 0 Å². The molecule has 3 heteroatoms. The summed E-state index contributed by atoms with van der Waals surface area (Å²) in [6.45, 7) is 5.07. The zero-order chi connectivity index (χ0) is 10.0. The van der Waals surface area contributed by atoms with Crippen molar-refractivity contribution in [2.75, 3.05) is 13.2 Å². The van der Waals surface area contributed by atoms with Gasteiger partial charge in [-0.1, -0.05) is 6.08 Å². The van der Waals surface area contributed by atoms with E-state index in [2.05, 4.69) is 0 Å². The standard InChI is InChI=1S/C11H14O3/c1-3-4-9-5-6-10(14-9)11(2)12-7-8-13-11/h3-6H,7-8H2,1-2H3/b4-3+. The molecule has 1 aliphatic rings. The monoisotopic (exact) mass is 194 g/mol. The van der Waals surface area contributed by atoms with E-state index in [1.807, 2.05) is 38.1 Å². The minimum Gasteiger partial charge on any atom is -0.456 e. The molecule has 0 spiro atoms. The molecular weight excluding hydrogens is 180 g/mol. The van der Waals surface area contributed by atoms with Gasteiger partial charge in [0.15, 0.2) is 5.76 Å². The molecule has 0 aromatic carbocycles. The Labute approximate surface area is 83.3 Å². The maximum absolute atomic E-state index is 5.57. The lowest BCUT2D eigenvalue weighted by Gasteiger charge is -2.18. The van der Waals surface area contributed by atoms with Crippen molar-refractivity contribution in [1.29, 1.82) is 0 Å². The number of rotatable bonds is 2. The molecule has 0 saturated carbocycles. The Morgan fingerprint density at radius 3 is 2.64 bits per heavy atom. The average molecular weight is 194 g/mol. The molecule has 0 aliphatic carbocycles. The summed E-state index contributed by atoms with van der Waals surface area (Å²) in [7, 11) is 0. The van der Waals surface area contributed by atoms with E-state index in [-0.39, 0.29) is 0 Å². The normalized spacial score (nSPS) is 20.7. The molecule has 0 N–H and O–H groups in total. The smallest absolute Gasteiger partial charge is 0.225 e. The Kier molecular flexibility index (Phi) is 2.44. The maximum atomic E-state index is 5.57. The molecule has 1 aliphatic heterocycles. The lowest BCUT2D eigenvalue weighted by molar-refractivity contribution is -0.162. The second-order valence-electron chi connectivity index (χ2n) is 3.34. The third-order valence-corrected chi connectivity index (χ3v) is 2.24. The maximum Gasteiger partial charge on any atom is 0.225 e. The van der Waals surface area contributed by atoms with Crippen molar-refractivity contribution in [3.8, 4) is 0 Å². The summed E-state index contributed by atoms with van der Waals surface area (Å²) in [5, 5.41) is 0. The van der Waals surface area contributed by atoms with Crippen LogP contribution < -0.4 is 0 Å². The second-order valence-corrected chi connectivity index (χ2v) is 3.34. The Balaban J connectivity index is 2.23. The minimum atomic E-state index is -0.695. The van der Waals surface area contributed by atoms with Gasteiger partial charge in [0.2, 0.25) is 5.79 Å². The zero-order valence-electron chi connectivity index (χ0n) is 8.45. The highest BCUT2D eigenvalue weighted by Gasteiger charge is 2.36. The van der Waals surface area contributed by atoms with Crippen molar-refractivity contribution < 1.29 is 13.9 Å². The Morgan fingerprint density at radius 2 is 2.00 bits per heavy atom. The van der Waals surface area contributed by atoms with Crippen molar-refractivity contribution in [3.63, 3.8) is 0 Å². The van der Waals surface area contributed by atoms with Gasteiger partial charge in [-0.25, -0.2) is 0 Å². The molecule has 3 nitrogen and oxygen atoms in total. The minimum absolute atomic E-state index is 0.621. The molecule has 2 rings (SSSR count). The van der Waals surface area contributed by atoms with Gasteiger partial charge in [0.25, 0.3) is 0 Å². The topological polar surface area (TPSA) is 31.6 Å². The van der Waals surface area contributed by atoms with E-state index < -0.39 is 5.79 Å². The summed E-state index contributed by atoms with van der Waals surface area (Å²) < 4.78 is 16.5. The van der Waals surface area contributed by atoms with Crippen molar-refractivity contribution in [1.82, 2.24) is 0 Å². The van der Waals surface area contributed by atoms with E-state index in [4.69, 9.17) is 13.9 Å². The summed E-state index contributed by atoms with van der Waals surface area (Å²) in [6, 6.07) is 3.80. The number of hydrogen-bond donors (Lipinski definition) is 0. The van der Waals surface area contributed by atoms with Gasteiger partial charge in [-0.15, -0.1) is 0 Å². The lowest BCUT2D eigenvalue weighted by Crippen LogP contribution is -2.21. The highest BCUT2D eigenvalue weighted by Crippen LogP contribution is 2.32. The van der Waals surface area contributed by atoms with E-state index in [0.717, 1.165) is 11.5 Å². The van der Waals surface area contributed by atoms with Crippen LogP contribution in [0.1, 0.15) is 25.4 Å². The Hall–Kier alpha value is -1.06. The molecule has 2 heterocycles. The van der Waals surface area contributed by atoms with Crippen LogP contribution in [0.25, 0.3) is 6.08 Å². The quantitative estimate of drug-likeness (QED) is 0.725. The SMILES string of the molecule is C/C=C/c1ccc(C2(C)OCCO2)o1. The number of allylic oxidation sites excluding steroid dienone is 1. The fraction of sp³-hybridized carbons (Fsp3) is 0.455. The van der Waals surface area contributed by atoms with E-state index in [0.29, 0.717) is 13.2 Å². The van der Waals surface area contributed by atoms with Gasteiger partial charge in [-0.3, -0.25) is 0 Å². The van der Waals surface area contributed by atoms with Gasteiger partial charge in [0, 0.05) is 0 Å². The van der Waals surface area contributed by atoms with Gasteiger partial charge in [-0.2, -0.15) is 0 Å². The summed E-state index contributed by atoms with van der Waals surface area (Å²) in [6.07, 6.45) is 3.84. The Morgan fingerprint density at radius 1 is 1.29 bits per heavy atom. The number of furan rings is 1. The molecule has 0 unspecified atom stereocenters. The summed E-state index contributed by atoms with van der Waals surface area (Å²) in [5.74, 6) is 0.853. The summed E-state index contributed by atoms with van der Waals surface area (Å²) >= 11 is 0. The first-order valence-corrected chi connectivity index (χ1v) is 4.75. The first-order chi connectivity index (χ1) is 6.74. The molecule has 14 heavy (non-hydrogen) atoms. The van der Waals surface area contributed by atoms with Gasteiger partial charge in [-0.05, 0) is 32.1 Å².